The zero-order valence-electron chi connectivity index (χ0n) is 17.6. The second kappa shape index (κ2) is 8.48. The van der Waals surface area contributed by atoms with E-state index in [9.17, 15) is 18.0 Å². The van der Waals surface area contributed by atoms with Crippen LogP contribution in [-0.4, -0.2) is 30.3 Å². The number of aromatic nitrogens is 2. The Hall–Kier alpha value is -3.24. The van der Waals surface area contributed by atoms with Gasteiger partial charge in [0.2, 0.25) is 0 Å². The first-order valence-corrected chi connectivity index (χ1v) is 11.0. The third-order valence-electron chi connectivity index (χ3n) is 4.33. The Bertz CT molecular complexity index is 1260. The Morgan fingerprint density at radius 2 is 1.68 bits per heavy atom. The highest BCUT2D eigenvalue weighted by atomic mass is 32.2. The van der Waals surface area contributed by atoms with Crippen molar-refractivity contribution in [3.8, 4) is 11.3 Å². The molecule has 1 heterocycles. The molecule has 10 heteroatoms. The quantitative estimate of drug-likeness (QED) is 0.555. The molecule has 0 saturated carbocycles. The highest BCUT2D eigenvalue weighted by Gasteiger charge is 2.23. The number of fused-ring (bicyclic) bond motifs is 1. The van der Waals surface area contributed by atoms with Crippen molar-refractivity contribution in [3.63, 3.8) is 0 Å². The third-order valence-corrected chi connectivity index (χ3v) is 5.43. The van der Waals surface area contributed by atoms with E-state index in [2.05, 4.69) is 14.9 Å². The van der Waals surface area contributed by atoms with Gasteiger partial charge in [-0.05, 0) is 39.3 Å². The van der Waals surface area contributed by atoms with Gasteiger partial charge < -0.3 is 4.74 Å². The molecule has 0 aliphatic carbocycles. The number of rotatable bonds is 5. The number of carbonyl (C=O) groups excluding carboxylic acids is 1. The van der Waals surface area contributed by atoms with Gasteiger partial charge in [0.1, 0.15) is 5.60 Å². The van der Waals surface area contributed by atoms with Gasteiger partial charge in [0.25, 0.3) is 5.56 Å². The smallest absolute Gasteiger partial charge is 0.422 e. The zero-order valence-corrected chi connectivity index (χ0v) is 18.4. The Balaban J connectivity index is 1.77. The topological polar surface area (TPSA) is 130 Å². The fourth-order valence-corrected chi connectivity index (χ4v) is 3.92. The number of aromatic amines is 1. The molecule has 1 atom stereocenters. The molecule has 9 nitrogen and oxygen atoms in total. The van der Waals surface area contributed by atoms with Crippen LogP contribution in [0.4, 0.5) is 4.79 Å². The maximum absolute atomic E-state index is 12.2. The van der Waals surface area contributed by atoms with Gasteiger partial charge in [-0.1, -0.05) is 42.5 Å². The second-order valence-electron chi connectivity index (χ2n) is 8.02. The lowest BCUT2D eigenvalue weighted by molar-refractivity contribution is 0.0569. The van der Waals surface area contributed by atoms with Gasteiger partial charge in [-0.3, -0.25) is 4.79 Å². The Morgan fingerprint density at radius 3 is 2.29 bits per heavy atom. The monoisotopic (exact) mass is 444 g/mol. The average molecular weight is 445 g/mol. The fraction of sp³-hybridized carbons (Fsp3) is 0.286. The van der Waals surface area contributed by atoms with Crippen molar-refractivity contribution in [3.05, 3.63) is 64.4 Å². The summed E-state index contributed by atoms with van der Waals surface area (Å²) in [6.07, 6.45) is -1.06. The van der Waals surface area contributed by atoms with Crippen LogP contribution in [0, 0.1) is 0 Å². The molecule has 0 spiro atoms. The Kier molecular flexibility index (Phi) is 6.14. The minimum absolute atomic E-state index is 0.267. The first-order chi connectivity index (χ1) is 14.5. The molecule has 3 N–H and O–H groups in total. The molecule has 0 radical (unpaired) electrons. The van der Waals surface area contributed by atoms with Crippen molar-refractivity contribution in [2.24, 2.45) is 0 Å². The molecule has 3 rings (SSSR count). The van der Waals surface area contributed by atoms with Gasteiger partial charge in [0.15, 0.2) is 0 Å². The van der Waals surface area contributed by atoms with E-state index >= 15 is 0 Å². The summed E-state index contributed by atoms with van der Waals surface area (Å²) in [7, 11) is -4.12. The van der Waals surface area contributed by atoms with E-state index in [0.717, 1.165) is 5.56 Å². The van der Waals surface area contributed by atoms with Gasteiger partial charge in [-0.15, -0.1) is 0 Å². The maximum Gasteiger partial charge on any atom is 0.422 e. The lowest BCUT2D eigenvalue weighted by Crippen LogP contribution is -2.43. The lowest BCUT2D eigenvalue weighted by atomic mass is 10.0. The van der Waals surface area contributed by atoms with Crippen LogP contribution in [0.2, 0.25) is 0 Å². The van der Waals surface area contributed by atoms with Crippen molar-refractivity contribution in [2.45, 2.75) is 39.3 Å². The molecule has 3 aromatic rings. The summed E-state index contributed by atoms with van der Waals surface area (Å²) in [4.78, 5) is 23.7. The van der Waals surface area contributed by atoms with Crippen molar-refractivity contribution in [1.29, 1.82) is 0 Å². The molecule has 164 valence electrons. The summed E-state index contributed by atoms with van der Waals surface area (Å²) in [5.41, 5.74) is 0.962. The first-order valence-electron chi connectivity index (χ1n) is 9.56. The molecule has 1 amide bonds. The average Bonchev–Trinajstić information content (AvgIpc) is 2.66. The van der Waals surface area contributed by atoms with Crippen LogP contribution in [0.25, 0.3) is 22.0 Å². The number of benzene rings is 2. The molecule has 1 unspecified atom stereocenters. The summed E-state index contributed by atoms with van der Waals surface area (Å²) in [6, 6.07) is 13.6. The largest absolute Gasteiger partial charge is 0.443 e. The van der Waals surface area contributed by atoms with E-state index in [-0.39, 0.29) is 5.56 Å². The minimum atomic E-state index is -4.12. The van der Waals surface area contributed by atoms with E-state index < -0.39 is 27.9 Å². The van der Waals surface area contributed by atoms with E-state index in [1.165, 1.54) is 0 Å². The number of hydrogen-bond donors (Lipinski definition) is 3. The van der Waals surface area contributed by atoms with Gasteiger partial charge >= 0.3 is 16.3 Å². The molecule has 1 aromatic heterocycles. The van der Waals surface area contributed by atoms with Gasteiger partial charge in [-0.2, -0.15) is 18.2 Å². The number of hydrogen-bond acceptors (Lipinski definition) is 6. The third kappa shape index (κ3) is 5.68. The predicted molar refractivity (Wildman–Crippen MR) is 118 cm³/mol. The van der Waals surface area contributed by atoms with Crippen molar-refractivity contribution in [2.75, 3.05) is 0 Å². The Labute approximate surface area is 180 Å². The summed E-state index contributed by atoms with van der Waals surface area (Å²) in [5, 5.41) is 7.91. The van der Waals surface area contributed by atoms with Crippen molar-refractivity contribution >= 4 is 27.1 Å². The van der Waals surface area contributed by atoms with Gasteiger partial charge in [0.05, 0.1) is 11.1 Å². The second-order valence-corrected chi connectivity index (χ2v) is 9.46. The minimum Gasteiger partial charge on any atom is -0.443 e. The molecule has 2 aromatic carbocycles. The van der Waals surface area contributed by atoms with Crippen LogP contribution < -0.4 is 15.0 Å². The van der Waals surface area contributed by atoms with Crippen LogP contribution in [0.15, 0.2) is 53.3 Å². The predicted octanol–water partition coefficient (Wildman–Crippen LogP) is 3.01. The van der Waals surface area contributed by atoms with E-state index in [1.54, 1.807) is 64.1 Å². The van der Waals surface area contributed by atoms with Crippen molar-refractivity contribution in [1.82, 2.24) is 19.6 Å². The molecule has 0 saturated heterocycles. The van der Waals surface area contributed by atoms with Crippen molar-refractivity contribution < 1.29 is 17.9 Å². The van der Waals surface area contributed by atoms with Gasteiger partial charge in [-0.25, -0.2) is 14.6 Å². The van der Waals surface area contributed by atoms with Crippen LogP contribution >= 0.6 is 0 Å². The SMILES string of the molecule is CC(NS(=O)(=O)NC(=O)OC(C)(C)C)c1ccc(-c2n[nH]c(=O)c3ccccc23)cc1. The van der Waals surface area contributed by atoms with Crippen LogP contribution in [0.3, 0.4) is 0 Å². The van der Waals surface area contributed by atoms with Crippen LogP contribution in [0.5, 0.6) is 0 Å². The number of nitrogens with zero attached hydrogens (tertiary/aromatic N) is 1. The summed E-state index contributed by atoms with van der Waals surface area (Å²) >= 11 is 0. The van der Waals surface area contributed by atoms with Crippen LogP contribution in [-0.2, 0) is 14.9 Å². The number of H-pyrrole nitrogens is 1. The summed E-state index contributed by atoms with van der Waals surface area (Å²) < 4.78 is 33.6. The molecule has 0 aliphatic rings. The molecule has 0 bridgehead atoms. The number of nitrogens with one attached hydrogen (secondary N) is 3. The first kappa shape index (κ1) is 22.4. The summed E-state index contributed by atoms with van der Waals surface area (Å²) in [6.45, 7) is 6.56. The standard InChI is InChI=1S/C21H24N4O5S/c1-13(24-31(28,29)25-20(27)30-21(2,3)4)14-9-11-15(12-10-14)18-16-7-5-6-8-17(16)19(26)23-22-18/h5-13,24H,1-4H3,(H,23,26)(H,25,27). The maximum atomic E-state index is 12.2. The zero-order chi connectivity index (χ0) is 22.8. The van der Waals surface area contributed by atoms with E-state index in [4.69, 9.17) is 4.74 Å². The molecular formula is C21H24N4O5S. The van der Waals surface area contributed by atoms with E-state index in [0.29, 0.717) is 22.0 Å². The fourth-order valence-electron chi connectivity index (χ4n) is 3.00. The normalized spacial score (nSPS) is 13.0. The molecular weight excluding hydrogens is 420 g/mol. The highest BCUT2D eigenvalue weighted by molar-refractivity contribution is 7.88. The summed E-state index contributed by atoms with van der Waals surface area (Å²) in [5.74, 6) is 0. The highest BCUT2D eigenvalue weighted by Crippen LogP contribution is 2.25. The van der Waals surface area contributed by atoms with Crippen LogP contribution in [0.1, 0.15) is 39.3 Å². The number of amides is 1. The van der Waals surface area contributed by atoms with Gasteiger partial charge in [0, 0.05) is 17.0 Å². The molecule has 0 fully saturated rings. The lowest BCUT2D eigenvalue weighted by Gasteiger charge is -2.20. The number of carbonyl (C=O) groups is 1. The van der Waals surface area contributed by atoms with E-state index in [1.807, 2.05) is 16.9 Å². The number of ether oxygens (including phenoxy) is 1. The molecule has 0 aliphatic heterocycles. The molecule has 31 heavy (non-hydrogen) atoms. The Morgan fingerprint density at radius 1 is 1.06 bits per heavy atom.